The fourth-order valence-electron chi connectivity index (χ4n) is 4.79. The average molecular weight is 568 g/mol. The summed E-state index contributed by atoms with van der Waals surface area (Å²) in [6, 6.07) is 5.16. The molecule has 1 saturated carbocycles. The standard InChI is InChI=1S/C28H35F2N9O2/c1-27(2,17-40)16-38-15-18(13-33-38)25-31-10-6-23(36-25)35-24-12-22(34-19-4-8-28(3,41)9-5-19)20(14-32-24)21-7-11-39(37-21)26(29)30/h6-7,10-15,19,26,40-41H,4-5,8-9,16-17H2,1-3H3,(H2,31,32,34,35,36). The quantitative estimate of drug-likeness (QED) is 0.212. The smallest absolute Gasteiger partial charge is 0.333 e. The number of hydrogen-bond donors (Lipinski definition) is 4. The first-order chi connectivity index (χ1) is 19.5. The molecule has 4 aromatic rings. The van der Waals surface area contributed by atoms with Crippen LogP contribution in [0.3, 0.4) is 0 Å². The largest absolute Gasteiger partial charge is 0.396 e. The number of anilines is 3. The first-order valence-corrected chi connectivity index (χ1v) is 13.6. The van der Waals surface area contributed by atoms with Crippen LogP contribution in [0.5, 0.6) is 0 Å². The summed E-state index contributed by atoms with van der Waals surface area (Å²) in [6.07, 6.45) is 10.8. The maximum Gasteiger partial charge on any atom is 0.333 e. The highest BCUT2D eigenvalue weighted by Gasteiger charge is 2.29. The maximum absolute atomic E-state index is 13.2. The Hall–Kier alpha value is -3.97. The molecule has 1 aliphatic carbocycles. The van der Waals surface area contributed by atoms with E-state index < -0.39 is 12.2 Å². The van der Waals surface area contributed by atoms with Gasteiger partial charge in [0, 0.05) is 66.7 Å². The van der Waals surface area contributed by atoms with Crippen LogP contribution < -0.4 is 10.6 Å². The molecule has 0 radical (unpaired) electrons. The lowest BCUT2D eigenvalue weighted by molar-refractivity contribution is 0.0196. The van der Waals surface area contributed by atoms with E-state index in [2.05, 4.69) is 35.8 Å². The number of rotatable bonds is 10. The second-order valence-electron chi connectivity index (χ2n) is 11.6. The van der Waals surface area contributed by atoms with Crippen LogP contribution in [0.1, 0.15) is 53.0 Å². The molecule has 0 amide bonds. The minimum absolute atomic E-state index is 0.0381. The van der Waals surface area contributed by atoms with Crippen molar-refractivity contribution in [3.63, 3.8) is 0 Å². The van der Waals surface area contributed by atoms with Gasteiger partial charge >= 0.3 is 6.55 Å². The fourth-order valence-corrected chi connectivity index (χ4v) is 4.79. The summed E-state index contributed by atoms with van der Waals surface area (Å²) in [6.45, 7) is 3.60. The molecule has 0 bridgehead atoms. The highest BCUT2D eigenvalue weighted by atomic mass is 19.3. The summed E-state index contributed by atoms with van der Waals surface area (Å²) in [5, 5.41) is 35.1. The van der Waals surface area contributed by atoms with E-state index in [1.54, 1.807) is 35.4 Å². The molecule has 4 N–H and O–H groups in total. The molecule has 41 heavy (non-hydrogen) atoms. The van der Waals surface area contributed by atoms with Gasteiger partial charge in [-0.3, -0.25) is 4.68 Å². The Morgan fingerprint density at radius 1 is 1.15 bits per heavy atom. The highest BCUT2D eigenvalue weighted by molar-refractivity contribution is 5.78. The van der Waals surface area contributed by atoms with Gasteiger partial charge in [-0.25, -0.2) is 19.6 Å². The monoisotopic (exact) mass is 567 g/mol. The van der Waals surface area contributed by atoms with E-state index in [4.69, 9.17) is 0 Å². The molecule has 0 aliphatic heterocycles. The average Bonchev–Trinajstić information content (AvgIpc) is 3.61. The zero-order chi connectivity index (χ0) is 29.2. The van der Waals surface area contributed by atoms with Gasteiger partial charge in [-0.05, 0) is 44.7 Å². The molecule has 13 heteroatoms. The van der Waals surface area contributed by atoms with E-state index in [-0.39, 0.29) is 18.1 Å². The number of aromatic nitrogens is 7. The van der Waals surface area contributed by atoms with Crippen LogP contribution in [0, 0.1) is 5.41 Å². The first kappa shape index (κ1) is 28.6. The van der Waals surface area contributed by atoms with Crippen molar-refractivity contribution in [2.24, 2.45) is 5.41 Å². The van der Waals surface area contributed by atoms with Gasteiger partial charge in [0.05, 0.1) is 23.1 Å². The summed E-state index contributed by atoms with van der Waals surface area (Å²) >= 11 is 0. The SMILES string of the molecule is CC(C)(CO)Cn1cc(-c2nccc(Nc3cc(NC4CCC(C)(O)CC4)c(-c4ccn(C(F)F)n4)cn3)n2)cn1. The number of aliphatic hydroxyl groups excluding tert-OH is 1. The zero-order valence-electron chi connectivity index (χ0n) is 23.3. The van der Waals surface area contributed by atoms with Crippen molar-refractivity contribution in [1.82, 2.24) is 34.5 Å². The van der Waals surface area contributed by atoms with Crippen molar-refractivity contribution in [1.29, 1.82) is 0 Å². The van der Waals surface area contributed by atoms with Crippen LogP contribution in [0.4, 0.5) is 26.1 Å². The molecule has 0 aromatic carbocycles. The van der Waals surface area contributed by atoms with Crippen molar-refractivity contribution in [3.05, 3.63) is 49.2 Å². The van der Waals surface area contributed by atoms with E-state index in [1.807, 2.05) is 27.0 Å². The molecule has 0 atom stereocenters. The molecule has 11 nitrogen and oxygen atoms in total. The summed E-state index contributed by atoms with van der Waals surface area (Å²) in [4.78, 5) is 13.5. The van der Waals surface area contributed by atoms with E-state index in [1.165, 1.54) is 12.3 Å². The third kappa shape index (κ3) is 7.03. The van der Waals surface area contributed by atoms with Gasteiger partial charge in [-0.2, -0.15) is 19.0 Å². The predicted octanol–water partition coefficient (Wildman–Crippen LogP) is 4.86. The molecule has 218 valence electrons. The van der Waals surface area contributed by atoms with Crippen molar-refractivity contribution in [3.8, 4) is 22.6 Å². The molecular weight excluding hydrogens is 532 g/mol. The van der Waals surface area contributed by atoms with Gasteiger partial charge in [0.25, 0.3) is 0 Å². The Morgan fingerprint density at radius 3 is 2.63 bits per heavy atom. The number of pyridine rings is 1. The van der Waals surface area contributed by atoms with Crippen LogP contribution in [-0.4, -0.2) is 63.0 Å². The second kappa shape index (κ2) is 11.5. The molecule has 0 spiro atoms. The third-order valence-corrected chi connectivity index (χ3v) is 7.23. The lowest BCUT2D eigenvalue weighted by Crippen LogP contribution is -2.35. The van der Waals surface area contributed by atoms with E-state index in [0.717, 1.165) is 18.4 Å². The minimum atomic E-state index is -2.74. The zero-order valence-corrected chi connectivity index (χ0v) is 23.3. The van der Waals surface area contributed by atoms with E-state index in [9.17, 15) is 19.0 Å². The summed E-state index contributed by atoms with van der Waals surface area (Å²) in [5.41, 5.74) is 1.39. The fraction of sp³-hybridized carbons (Fsp3) is 0.464. The number of nitrogens with zero attached hydrogens (tertiary/aromatic N) is 7. The van der Waals surface area contributed by atoms with Gasteiger partial charge in [0.15, 0.2) is 5.82 Å². The second-order valence-corrected chi connectivity index (χ2v) is 11.6. The van der Waals surface area contributed by atoms with Gasteiger partial charge in [-0.1, -0.05) is 13.8 Å². The van der Waals surface area contributed by atoms with Crippen LogP contribution in [0.25, 0.3) is 22.6 Å². The van der Waals surface area contributed by atoms with Gasteiger partial charge in [0.2, 0.25) is 0 Å². The number of hydrogen-bond acceptors (Lipinski definition) is 9. The maximum atomic E-state index is 13.2. The third-order valence-electron chi connectivity index (χ3n) is 7.23. The Labute approximate surface area is 236 Å². The van der Waals surface area contributed by atoms with Crippen LogP contribution >= 0.6 is 0 Å². The Kier molecular flexibility index (Phi) is 8.00. The van der Waals surface area contributed by atoms with Crippen LogP contribution in [-0.2, 0) is 6.54 Å². The number of nitrogens with one attached hydrogen (secondary N) is 2. The molecule has 0 unspecified atom stereocenters. The van der Waals surface area contributed by atoms with Crippen molar-refractivity contribution < 1.29 is 19.0 Å². The molecule has 1 fully saturated rings. The molecule has 1 aliphatic rings. The number of halogens is 2. The van der Waals surface area contributed by atoms with Gasteiger partial charge < -0.3 is 20.8 Å². The number of aliphatic hydroxyl groups is 2. The molecule has 0 saturated heterocycles. The lowest BCUT2D eigenvalue weighted by atomic mass is 9.83. The van der Waals surface area contributed by atoms with Crippen molar-refractivity contribution >= 4 is 17.3 Å². The van der Waals surface area contributed by atoms with Crippen molar-refractivity contribution in [2.75, 3.05) is 17.2 Å². The van der Waals surface area contributed by atoms with Gasteiger partial charge in [-0.15, -0.1) is 0 Å². The van der Waals surface area contributed by atoms with E-state index >= 15 is 0 Å². The Bertz CT molecular complexity index is 1470. The minimum Gasteiger partial charge on any atom is -0.396 e. The molecule has 4 aromatic heterocycles. The van der Waals surface area contributed by atoms with Crippen LogP contribution in [0.2, 0.25) is 0 Å². The van der Waals surface area contributed by atoms with Gasteiger partial charge in [0.1, 0.15) is 11.6 Å². The first-order valence-electron chi connectivity index (χ1n) is 13.6. The molecular formula is C28H35F2N9O2. The Balaban J connectivity index is 1.38. The predicted molar refractivity (Wildman–Crippen MR) is 151 cm³/mol. The van der Waals surface area contributed by atoms with Crippen molar-refractivity contribution in [2.45, 2.75) is 71.2 Å². The highest BCUT2D eigenvalue weighted by Crippen LogP contribution is 2.34. The lowest BCUT2D eigenvalue weighted by Gasteiger charge is -2.34. The number of alkyl halides is 2. The normalized spacial score (nSPS) is 19.5. The molecule has 4 heterocycles. The van der Waals surface area contributed by atoms with E-state index in [0.29, 0.717) is 58.5 Å². The topological polar surface area (TPSA) is 139 Å². The molecule has 5 rings (SSSR count). The summed E-state index contributed by atoms with van der Waals surface area (Å²) < 4.78 is 28.8. The summed E-state index contributed by atoms with van der Waals surface area (Å²) in [5.74, 6) is 1.49. The summed E-state index contributed by atoms with van der Waals surface area (Å²) in [7, 11) is 0. The van der Waals surface area contributed by atoms with Crippen LogP contribution in [0.15, 0.2) is 49.2 Å². The Morgan fingerprint density at radius 2 is 1.93 bits per heavy atom.